The molecule has 1 aliphatic rings. The van der Waals surface area contributed by atoms with E-state index in [9.17, 15) is 22.8 Å². The lowest BCUT2D eigenvalue weighted by atomic mass is 9.85. The van der Waals surface area contributed by atoms with Crippen LogP contribution in [-0.2, 0) is 11.3 Å². The number of hydrogen-bond donors (Lipinski definition) is 2. The SMILES string of the molecule is CC(C)NC(=O)c1ccc(NC(=O)C2(C(F)(F)F)CCN(Cc3ccccc3)C2)cc1. The maximum absolute atomic E-state index is 14.0. The van der Waals surface area contributed by atoms with Gasteiger partial charge in [-0.25, -0.2) is 0 Å². The van der Waals surface area contributed by atoms with Gasteiger partial charge in [0.15, 0.2) is 5.41 Å². The first-order valence-electron chi connectivity index (χ1n) is 10.2. The molecule has 0 aromatic heterocycles. The maximum Gasteiger partial charge on any atom is 0.404 e. The summed E-state index contributed by atoms with van der Waals surface area (Å²) >= 11 is 0. The van der Waals surface area contributed by atoms with Crippen LogP contribution >= 0.6 is 0 Å². The molecule has 1 heterocycles. The first-order chi connectivity index (χ1) is 14.6. The Morgan fingerprint density at radius 1 is 1.06 bits per heavy atom. The molecule has 2 N–H and O–H groups in total. The Morgan fingerprint density at radius 2 is 1.71 bits per heavy atom. The molecule has 0 spiro atoms. The number of nitrogens with zero attached hydrogens (tertiary/aromatic N) is 1. The van der Waals surface area contributed by atoms with Crippen LogP contribution in [0.25, 0.3) is 0 Å². The summed E-state index contributed by atoms with van der Waals surface area (Å²) in [7, 11) is 0. The number of carbonyl (C=O) groups is 2. The Hall–Kier alpha value is -2.87. The van der Waals surface area contributed by atoms with Crippen molar-refractivity contribution in [2.45, 2.75) is 39.0 Å². The van der Waals surface area contributed by atoms with Crippen LogP contribution in [0.1, 0.15) is 36.2 Å². The summed E-state index contributed by atoms with van der Waals surface area (Å²) in [6.45, 7) is 3.78. The van der Waals surface area contributed by atoms with Crippen molar-refractivity contribution < 1.29 is 22.8 Å². The molecule has 8 heteroatoms. The third kappa shape index (κ3) is 5.25. The lowest BCUT2D eigenvalue weighted by Crippen LogP contribution is -2.49. The monoisotopic (exact) mass is 433 g/mol. The van der Waals surface area contributed by atoms with Gasteiger partial charge >= 0.3 is 6.18 Å². The van der Waals surface area contributed by atoms with Crippen molar-refractivity contribution in [3.8, 4) is 0 Å². The minimum absolute atomic E-state index is 0.0419. The molecule has 3 rings (SSSR count). The molecule has 166 valence electrons. The first-order valence-corrected chi connectivity index (χ1v) is 10.2. The molecular formula is C23H26F3N3O2. The lowest BCUT2D eigenvalue weighted by Gasteiger charge is -2.30. The highest BCUT2D eigenvalue weighted by Crippen LogP contribution is 2.46. The second-order valence-corrected chi connectivity index (χ2v) is 8.19. The highest BCUT2D eigenvalue weighted by molar-refractivity contribution is 5.98. The third-order valence-electron chi connectivity index (χ3n) is 5.40. The average Bonchev–Trinajstić information content (AvgIpc) is 3.14. The molecule has 2 aromatic carbocycles. The van der Waals surface area contributed by atoms with Gasteiger partial charge in [-0.15, -0.1) is 0 Å². The van der Waals surface area contributed by atoms with E-state index in [-0.39, 0.29) is 30.6 Å². The summed E-state index contributed by atoms with van der Waals surface area (Å²) in [5, 5.41) is 5.14. The van der Waals surface area contributed by atoms with E-state index in [0.29, 0.717) is 12.1 Å². The predicted octanol–water partition coefficient (Wildman–Crippen LogP) is 4.22. The molecule has 2 amide bonds. The zero-order valence-corrected chi connectivity index (χ0v) is 17.5. The second kappa shape index (κ2) is 9.09. The molecule has 1 atom stereocenters. The molecule has 1 unspecified atom stereocenters. The largest absolute Gasteiger partial charge is 0.404 e. The average molecular weight is 433 g/mol. The quantitative estimate of drug-likeness (QED) is 0.717. The van der Waals surface area contributed by atoms with E-state index in [4.69, 9.17) is 0 Å². The highest BCUT2D eigenvalue weighted by atomic mass is 19.4. The fraction of sp³-hybridized carbons (Fsp3) is 0.391. The standard InChI is InChI=1S/C23H26F3N3O2/c1-16(2)27-20(30)18-8-10-19(11-9-18)28-21(31)22(23(24,25)26)12-13-29(15-22)14-17-6-4-3-5-7-17/h3-11,16H,12-15H2,1-2H3,(H,27,30)(H,28,31). The lowest BCUT2D eigenvalue weighted by molar-refractivity contribution is -0.215. The van der Waals surface area contributed by atoms with E-state index in [1.54, 1.807) is 4.90 Å². The Bertz CT molecular complexity index is 914. The van der Waals surface area contributed by atoms with Gasteiger partial charge in [-0.2, -0.15) is 13.2 Å². The zero-order valence-electron chi connectivity index (χ0n) is 17.5. The molecule has 0 aliphatic carbocycles. The van der Waals surface area contributed by atoms with Crippen molar-refractivity contribution in [2.24, 2.45) is 5.41 Å². The smallest absolute Gasteiger partial charge is 0.350 e. The number of likely N-dealkylation sites (tertiary alicyclic amines) is 1. The molecular weight excluding hydrogens is 407 g/mol. The van der Waals surface area contributed by atoms with Gasteiger partial charge in [0.25, 0.3) is 5.91 Å². The molecule has 5 nitrogen and oxygen atoms in total. The van der Waals surface area contributed by atoms with Crippen LogP contribution in [0.4, 0.5) is 18.9 Å². The van der Waals surface area contributed by atoms with Crippen molar-refractivity contribution in [3.63, 3.8) is 0 Å². The Morgan fingerprint density at radius 3 is 2.29 bits per heavy atom. The van der Waals surface area contributed by atoms with Crippen molar-refractivity contribution >= 4 is 17.5 Å². The van der Waals surface area contributed by atoms with Crippen molar-refractivity contribution in [1.82, 2.24) is 10.2 Å². The van der Waals surface area contributed by atoms with Gasteiger partial charge in [0.05, 0.1) is 0 Å². The van der Waals surface area contributed by atoms with E-state index < -0.39 is 24.0 Å². The summed E-state index contributed by atoms with van der Waals surface area (Å²) in [5.41, 5.74) is -0.991. The van der Waals surface area contributed by atoms with Crippen molar-refractivity contribution in [3.05, 3.63) is 65.7 Å². The first kappa shape index (κ1) is 22.8. The van der Waals surface area contributed by atoms with Crippen LogP contribution in [0, 0.1) is 5.41 Å². The number of alkyl halides is 3. The molecule has 31 heavy (non-hydrogen) atoms. The number of amides is 2. The maximum atomic E-state index is 14.0. The van der Waals surface area contributed by atoms with Gasteiger partial charge in [0.1, 0.15) is 0 Å². The number of halogens is 3. The van der Waals surface area contributed by atoms with Crippen LogP contribution in [0.2, 0.25) is 0 Å². The van der Waals surface area contributed by atoms with E-state index in [1.165, 1.54) is 24.3 Å². The van der Waals surface area contributed by atoms with Gasteiger partial charge in [-0.05, 0) is 56.6 Å². The summed E-state index contributed by atoms with van der Waals surface area (Å²) in [6, 6.07) is 15.0. The van der Waals surface area contributed by atoms with Gasteiger partial charge in [-0.1, -0.05) is 30.3 Å². The van der Waals surface area contributed by atoms with Crippen molar-refractivity contribution in [1.29, 1.82) is 0 Å². The van der Waals surface area contributed by atoms with Gasteiger partial charge in [0.2, 0.25) is 5.91 Å². The number of anilines is 1. The van der Waals surface area contributed by atoms with E-state index >= 15 is 0 Å². The third-order valence-corrected chi connectivity index (χ3v) is 5.40. The number of hydrogen-bond acceptors (Lipinski definition) is 3. The highest BCUT2D eigenvalue weighted by Gasteiger charge is 2.62. The molecule has 1 fully saturated rings. The molecule has 2 aromatic rings. The number of benzene rings is 2. The van der Waals surface area contributed by atoms with Crippen LogP contribution < -0.4 is 10.6 Å². The molecule has 0 saturated carbocycles. The number of nitrogens with one attached hydrogen (secondary N) is 2. The molecule has 1 saturated heterocycles. The molecule has 0 radical (unpaired) electrons. The minimum atomic E-state index is -4.68. The van der Waals surface area contributed by atoms with Crippen LogP contribution in [-0.4, -0.2) is 42.0 Å². The summed E-state index contributed by atoms with van der Waals surface area (Å²) in [6.07, 6.45) is -4.98. The summed E-state index contributed by atoms with van der Waals surface area (Å²) in [5.74, 6) is -1.36. The van der Waals surface area contributed by atoms with Gasteiger partial charge in [0, 0.05) is 30.4 Å². The summed E-state index contributed by atoms with van der Waals surface area (Å²) in [4.78, 5) is 26.5. The van der Waals surface area contributed by atoms with E-state index in [2.05, 4.69) is 10.6 Å². The summed E-state index contributed by atoms with van der Waals surface area (Å²) < 4.78 is 42.1. The zero-order chi connectivity index (χ0) is 22.6. The Balaban J connectivity index is 1.72. The van der Waals surface area contributed by atoms with E-state index in [1.807, 2.05) is 44.2 Å². The Kier molecular flexibility index (Phi) is 6.69. The normalized spacial score (nSPS) is 19.4. The van der Waals surface area contributed by atoms with E-state index in [0.717, 1.165) is 5.56 Å². The van der Waals surface area contributed by atoms with Crippen LogP contribution in [0.15, 0.2) is 54.6 Å². The van der Waals surface area contributed by atoms with Gasteiger partial charge in [-0.3, -0.25) is 14.5 Å². The molecule has 1 aliphatic heterocycles. The predicted molar refractivity (Wildman–Crippen MR) is 112 cm³/mol. The Labute approximate surface area is 179 Å². The second-order valence-electron chi connectivity index (χ2n) is 8.19. The molecule has 0 bridgehead atoms. The fourth-order valence-corrected chi connectivity index (χ4v) is 3.71. The number of rotatable bonds is 6. The van der Waals surface area contributed by atoms with Gasteiger partial charge < -0.3 is 10.6 Å². The minimum Gasteiger partial charge on any atom is -0.350 e. The van der Waals surface area contributed by atoms with Crippen LogP contribution in [0.3, 0.4) is 0 Å². The number of carbonyl (C=O) groups excluding carboxylic acids is 2. The fourth-order valence-electron chi connectivity index (χ4n) is 3.71. The van der Waals surface area contributed by atoms with Crippen molar-refractivity contribution in [2.75, 3.05) is 18.4 Å². The topological polar surface area (TPSA) is 61.4 Å². The van der Waals surface area contributed by atoms with Crippen LogP contribution in [0.5, 0.6) is 0 Å².